The van der Waals surface area contributed by atoms with Gasteiger partial charge in [-0.15, -0.1) is 24.9 Å². The average molecular weight is 943 g/mol. The largest absolute Gasteiger partial charge is 0.366 e. The lowest BCUT2D eigenvalue weighted by Crippen LogP contribution is -2.62. The quantitative estimate of drug-likeness (QED) is 0.170. The predicted octanol–water partition coefficient (Wildman–Crippen LogP) is 3.41. The SMILES string of the molecule is C=CC(C)(C)O[C@H](C)[C@@H]1NC(=O)[C@@H]2CCCN2C(=O)[C@H](C(C)C)NC(=O)[C@@H]2CCCN2C(=O)[C@H](CC(C)C)NC(=O)[C@@H]([C@@H](C)OC(C)(C)C=C)NC(=O)[C@@H]2CSC(=N2)[C@H](CC(C)C)NC1=O. The summed E-state index contributed by atoms with van der Waals surface area (Å²) in [6.07, 6.45) is 3.79. The molecule has 2 saturated heterocycles. The molecule has 0 aromatic carbocycles. The van der Waals surface area contributed by atoms with Crippen LogP contribution in [0.4, 0.5) is 0 Å². The van der Waals surface area contributed by atoms with Gasteiger partial charge < -0.3 is 45.9 Å². The van der Waals surface area contributed by atoms with Crippen molar-refractivity contribution in [1.29, 1.82) is 0 Å². The molecule has 0 unspecified atom stereocenters. The Morgan fingerprint density at radius 1 is 0.621 bits per heavy atom. The first kappa shape index (κ1) is 54.3. The van der Waals surface area contributed by atoms with E-state index in [1.807, 2.05) is 27.7 Å². The summed E-state index contributed by atoms with van der Waals surface area (Å²) in [7, 11) is 0. The van der Waals surface area contributed by atoms with E-state index in [-0.39, 0.29) is 37.1 Å². The number of amides is 7. The highest BCUT2D eigenvalue weighted by Gasteiger charge is 2.45. The zero-order chi connectivity index (χ0) is 49.4. The zero-order valence-electron chi connectivity index (χ0n) is 41.4. The Labute approximate surface area is 396 Å². The molecule has 370 valence electrons. The minimum atomic E-state index is -1.28. The highest BCUT2D eigenvalue weighted by Crippen LogP contribution is 2.27. The molecule has 5 N–H and O–H groups in total. The molecule has 66 heavy (non-hydrogen) atoms. The first-order chi connectivity index (χ1) is 30.8. The van der Waals surface area contributed by atoms with E-state index in [4.69, 9.17) is 14.5 Å². The third-order valence-corrected chi connectivity index (χ3v) is 13.8. The van der Waals surface area contributed by atoms with Crippen LogP contribution < -0.4 is 26.6 Å². The van der Waals surface area contributed by atoms with E-state index >= 15 is 0 Å². The second-order valence-electron chi connectivity index (χ2n) is 20.5. The Hall–Kier alpha value is -4.29. The van der Waals surface area contributed by atoms with Gasteiger partial charge in [0.05, 0.1) is 34.5 Å². The molecule has 2 fully saturated rings. The number of ether oxygens (including phenoxy) is 2. The molecule has 10 atom stereocenters. The number of fused-ring (bicyclic) bond motifs is 3. The lowest BCUT2D eigenvalue weighted by Gasteiger charge is -2.35. The van der Waals surface area contributed by atoms with Crippen LogP contribution in [0.2, 0.25) is 0 Å². The zero-order valence-corrected chi connectivity index (χ0v) is 42.2. The minimum absolute atomic E-state index is 0.0523. The number of rotatable bonds is 13. The molecule has 18 heteroatoms. The topological polar surface area (TPSA) is 217 Å². The lowest BCUT2D eigenvalue weighted by molar-refractivity contribution is -0.146. The molecule has 0 aliphatic carbocycles. The summed E-state index contributed by atoms with van der Waals surface area (Å²) in [4.78, 5) is 109. The highest BCUT2D eigenvalue weighted by molar-refractivity contribution is 8.14. The summed E-state index contributed by atoms with van der Waals surface area (Å²) in [5.41, 5.74) is -1.77. The van der Waals surface area contributed by atoms with E-state index in [1.54, 1.807) is 67.5 Å². The fourth-order valence-corrected chi connectivity index (χ4v) is 9.97. The Kier molecular flexibility index (Phi) is 19.0. The number of carbonyl (C=O) groups excluding carboxylic acids is 7. The van der Waals surface area contributed by atoms with Crippen molar-refractivity contribution in [2.45, 2.75) is 193 Å². The second-order valence-corrected chi connectivity index (χ2v) is 21.6. The molecule has 0 radical (unpaired) electrons. The van der Waals surface area contributed by atoms with Gasteiger partial charge >= 0.3 is 0 Å². The van der Waals surface area contributed by atoms with Gasteiger partial charge in [0.15, 0.2) is 0 Å². The summed E-state index contributed by atoms with van der Waals surface area (Å²) < 4.78 is 12.5. The summed E-state index contributed by atoms with van der Waals surface area (Å²) in [5, 5.41) is 15.3. The van der Waals surface area contributed by atoms with Crippen molar-refractivity contribution in [3.8, 4) is 0 Å². The van der Waals surface area contributed by atoms with Gasteiger partial charge in [0.1, 0.15) is 42.3 Å². The summed E-state index contributed by atoms with van der Waals surface area (Å²) in [5.74, 6) is -3.88. The molecule has 0 aromatic heterocycles. The number of nitrogens with zero attached hydrogens (tertiary/aromatic N) is 3. The van der Waals surface area contributed by atoms with Crippen LogP contribution in [-0.2, 0) is 43.0 Å². The van der Waals surface area contributed by atoms with Crippen LogP contribution in [-0.4, -0.2) is 147 Å². The monoisotopic (exact) mass is 943 g/mol. The second kappa shape index (κ2) is 23.1. The van der Waals surface area contributed by atoms with Gasteiger partial charge in [-0.1, -0.05) is 53.7 Å². The Bertz CT molecular complexity index is 1850. The Morgan fingerprint density at radius 3 is 1.50 bits per heavy atom. The minimum Gasteiger partial charge on any atom is -0.366 e. The van der Waals surface area contributed by atoms with Crippen LogP contribution in [0.1, 0.15) is 122 Å². The van der Waals surface area contributed by atoms with Gasteiger partial charge in [-0.2, -0.15) is 0 Å². The van der Waals surface area contributed by atoms with Gasteiger partial charge in [0.2, 0.25) is 41.4 Å². The maximum absolute atomic E-state index is 14.6. The van der Waals surface area contributed by atoms with Crippen LogP contribution in [0.5, 0.6) is 0 Å². The van der Waals surface area contributed by atoms with Gasteiger partial charge in [0.25, 0.3) is 0 Å². The standard InChI is InChI=1S/C48H78N8O9S/c1-15-47(11,12)64-29(9)37-43(61)50-32(24-27(5)6)45(62)55-21-17-19-34(55)40(58)52-36(28(7)8)46(63)56-22-18-20-35(56)41(59)54-38(30(10)65-48(13,14)16-2)42(60)49-31(23-26(3)4)44-51-33(25-66-44)39(57)53-37/h15-16,26-38H,1-2,17-25H2,3-14H3,(H,49,60)(H,50,61)(H,52,58)(H,53,57)(H,54,59)/t29-,30-,31+,32+,33+,34+,35+,36+,37-,38+/m1/s1. The van der Waals surface area contributed by atoms with Crippen LogP contribution in [0.15, 0.2) is 30.3 Å². The normalized spacial score (nSPS) is 29.0. The number of carbonyl (C=O) groups is 7. The lowest BCUT2D eigenvalue weighted by atomic mass is 9.99. The first-order valence-corrected chi connectivity index (χ1v) is 24.7. The van der Waals surface area contributed by atoms with Crippen molar-refractivity contribution >= 4 is 58.2 Å². The van der Waals surface area contributed by atoms with E-state index in [9.17, 15) is 33.6 Å². The number of nitrogens with one attached hydrogen (secondary N) is 5. The van der Waals surface area contributed by atoms with Crippen LogP contribution in [0.3, 0.4) is 0 Å². The molecular formula is C48H78N8O9S. The van der Waals surface area contributed by atoms with Crippen molar-refractivity contribution in [2.75, 3.05) is 18.8 Å². The molecule has 0 saturated carbocycles. The van der Waals surface area contributed by atoms with Gasteiger partial charge in [0, 0.05) is 18.8 Å². The van der Waals surface area contributed by atoms with Crippen LogP contribution >= 0.6 is 11.8 Å². The Morgan fingerprint density at radius 2 is 1.05 bits per heavy atom. The van der Waals surface area contributed by atoms with Crippen molar-refractivity contribution < 1.29 is 43.0 Å². The fraction of sp³-hybridized carbons (Fsp3) is 0.750. The average Bonchev–Trinajstić information content (AvgIpc) is 4.03. The molecule has 4 aliphatic rings. The molecule has 0 spiro atoms. The summed E-state index contributed by atoms with van der Waals surface area (Å²) in [6.45, 7) is 30.1. The van der Waals surface area contributed by atoms with E-state index in [0.29, 0.717) is 37.1 Å². The smallest absolute Gasteiger partial charge is 0.246 e. The number of thioether (sulfide) groups is 1. The molecule has 17 nitrogen and oxygen atoms in total. The highest BCUT2D eigenvalue weighted by atomic mass is 32.2. The number of hydrogen-bond donors (Lipinski definition) is 5. The maximum atomic E-state index is 14.6. The molecule has 7 amide bonds. The predicted molar refractivity (Wildman–Crippen MR) is 256 cm³/mol. The van der Waals surface area contributed by atoms with Crippen molar-refractivity contribution in [3.63, 3.8) is 0 Å². The summed E-state index contributed by atoms with van der Waals surface area (Å²) >= 11 is 1.32. The fourth-order valence-electron chi connectivity index (χ4n) is 8.86. The van der Waals surface area contributed by atoms with E-state index < -0.39 is 119 Å². The number of hydrogen-bond acceptors (Lipinski definition) is 11. The molecule has 4 heterocycles. The maximum Gasteiger partial charge on any atom is 0.246 e. The van der Waals surface area contributed by atoms with Crippen molar-refractivity contribution in [2.24, 2.45) is 22.7 Å². The Balaban J connectivity index is 1.84. The molecule has 2 bridgehead atoms. The molecule has 4 rings (SSSR count). The summed E-state index contributed by atoms with van der Waals surface area (Å²) in [6, 6.07) is -8.08. The van der Waals surface area contributed by atoms with E-state index in [1.165, 1.54) is 21.6 Å². The van der Waals surface area contributed by atoms with Crippen LogP contribution in [0, 0.1) is 17.8 Å². The van der Waals surface area contributed by atoms with E-state index in [2.05, 4.69) is 39.7 Å². The van der Waals surface area contributed by atoms with Crippen molar-refractivity contribution in [1.82, 2.24) is 36.4 Å². The molecule has 4 aliphatic heterocycles. The van der Waals surface area contributed by atoms with Crippen molar-refractivity contribution in [3.05, 3.63) is 25.3 Å². The molecule has 0 aromatic rings. The third kappa shape index (κ3) is 14.1. The molecular weight excluding hydrogens is 865 g/mol. The van der Waals surface area contributed by atoms with E-state index in [0.717, 1.165) is 0 Å². The van der Waals surface area contributed by atoms with Gasteiger partial charge in [-0.3, -0.25) is 38.6 Å². The first-order valence-electron chi connectivity index (χ1n) is 23.8. The van der Waals surface area contributed by atoms with Gasteiger partial charge in [-0.25, -0.2) is 0 Å². The third-order valence-electron chi connectivity index (χ3n) is 12.6. The number of aliphatic imine (C=N–C) groups is 1. The van der Waals surface area contributed by atoms with Gasteiger partial charge in [-0.05, 0) is 97.8 Å². The van der Waals surface area contributed by atoms with Crippen LogP contribution in [0.25, 0.3) is 0 Å².